The number of likely N-dealkylation sites (tertiary alicyclic amines) is 1. The van der Waals surface area contributed by atoms with Crippen LogP contribution in [0.2, 0.25) is 0 Å². The Hall–Kier alpha value is -2.20. The molecule has 0 bridgehead atoms. The second-order valence-corrected chi connectivity index (χ2v) is 7.35. The molecule has 0 N–H and O–H groups in total. The van der Waals surface area contributed by atoms with E-state index in [2.05, 4.69) is 59.2 Å². The first kappa shape index (κ1) is 16.3. The van der Waals surface area contributed by atoms with Crippen molar-refractivity contribution in [2.75, 3.05) is 13.1 Å². The summed E-state index contributed by atoms with van der Waals surface area (Å²) in [6, 6.07) is 10.7. The van der Waals surface area contributed by atoms with E-state index in [0.717, 1.165) is 24.4 Å². The molecule has 1 aromatic carbocycles. The first-order valence-electron chi connectivity index (χ1n) is 9.16. The lowest BCUT2D eigenvalue weighted by Gasteiger charge is -2.17. The molecule has 0 aliphatic carbocycles. The number of nitrogens with zero attached hydrogens (tertiary/aromatic N) is 4. The molecule has 4 rings (SSSR count). The third kappa shape index (κ3) is 3.19. The summed E-state index contributed by atoms with van der Waals surface area (Å²) < 4.78 is 2.00. The molecule has 1 aliphatic heterocycles. The van der Waals surface area contributed by atoms with Crippen LogP contribution < -0.4 is 0 Å². The minimum Gasteiger partial charge on any atom is -0.299 e. The summed E-state index contributed by atoms with van der Waals surface area (Å²) in [5.41, 5.74) is 6.41. The predicted molar refractivity (Wildman–Crippen MR) is 102 cm³/mol. The van der Waals surface area contributed by atoms with Gasteiger partial charge in [-0.2, -0.15) is 5.10 Å². The topological polar surface area (TPSA) is 34.0 Å². The summed E-state index contributed by atoms with van der Waals surface area (Å²) in [7, 11) is 2.03. The molecule has 0 amide bonds. The van der Waals surface area contributed by atoms with Gasteiger partial charge in [-0.15, -0.1) is 0 Å². The van der Waals surface area contributed by atoms with E-state index in [1.165, 1.54) is 47.4 Å². The zero-order chi connectivity index (χ0) is 17.4. The van der Waals surface area contributed by atoms with Crippen LogP contribution in [0.3, 0.4) is 0 Å². The maximum absolute atomic E-state index is 4.56. The molecule has 1 unspecified atom stereocenters. The largest absolute Gasteiger partial charge is 0.299 e. The van der Waals surface area contributed by atoms with E-state index in [0.29, 0.717) is 0 Å². The van der Waals surface area contributed by atoms with Crippen LogP contribution in [-0.2, 0) is 20.0 Å². The molecular formula is C21H26N4. The third-order valence-electron chi connectivity index (χ3n) is 5.66. The molecule has 1 fully saturated rings. The number of pyridine rings is 1. The molecule has 25 heavy (non-hydrogen) atoms. The van der Waals surface area contributed by atoms with Gasteiger partial charge in [0, 0.05) is 43.0 Å². The van der Waals surface area contributed by atoms with Gasteiger partial charge in [0.15, 0.2) is 0 Å². The first-order valence-corrected chi connectivity index (χ1v) is 9.16. The van der Waals surface area contributed by atoms with E-state index in [4.69, 9.17) is 0 Å². The Morgan fingerprint density at radius 1 is 1.16 bits per heavy atom. The van der Waals surface area contributed by atoms with Gasteiger partial charge >= 0.3 is 0 Å². The van der Waals surface area contributed by atoms with Crippen LogP contribution in [0, 0.1) is 19.8 Å². The number of para-hydroxylation sites is 1. The number of rotatable bonds is 4. The van der Waals surface area contributed by atoms with E-state index in [-0.39, 0.29) is 0 Å². The SMILES string of the molecule is Cc1nn(C)c(C)c1CN1CCC(Cc2ccnc3ccccc23)C1. The van der Waals surface area contributed by atoms with Gasteiger partial charge in [0.05, 0.1) is 11.2 Å². The third-order valence-corrected chi connectivity index (χ3v) is 5.66. The summed E-state index contributed by atoms with van der Waals surface area (Å²) >= 11 is 0. The number of benzene rings is 1. The van der Waals surface area contributed by atoms with Gasteiger partial charge < -0.3 is 0 Å². The summed E-state index contributed by atoms with van der Waals surface area (Å²) in [4.78, 5) is 7.08. The number of fused-ring (bicyclic) bond motifs is 1. The van der Waals surface area contributed by atoms with E-state index in [1.807, 2.05) is 17.9 Å². The highest BCUT2D eigenvalue weighted by molar-refractivity contribution is 5.81. The van der Waals surface area contributed by atoms with Crippen molar-refractivity contribution in [2.24, 2.45) is 13.0 Å². The van der Waals surface area contributed by atoms with E-state index >= 15 is 0 Å². The van der Waals surface area contributed by atoms with Crippen LogP contribution in [0.5, 0.6) is 0 Å². The van der Waals surface area contributed by atoms with Crippen LogP contribution in [0.25, 0.3) is 10.9 Å². The first-order chi connectivity index (χ1) is 12.1. The average molecular weight is 334 g/mol. The Labute approximate surface area is 149 Å². The molecule has 1 saturated heterocycles. The van der Waals surface area contributed by atoms with Crippen molar-refractivity contribution in [3.05, 3.63) is 59.0 Å². The highest BCUT2D eigenvalue weighted by atomic mass is 15.3. The summed E-state index contributed by atoms with van der Waals surface area (Å²) in [5, 5.41) is 5.86. The van der Waals surface area contributed by atoms with E-state index in [1.54, 1.807) is 0 Å². The average Bonchev–Trinajstić information content (AvgIpc) is 3.15. The predicted octanol–water partition coefficient (Wildman–Crippen LogP) is 3.65. The summed E-state index contributed by atoms with van der Waals surface area (Å²) in [5.74, 6) is 0.725. The lowest BCUT2D eigenvalue weighted by atomic mass is 9.96. The maximum Gasteiger partial charge on any atom is 0.0704 e. The molecule has 0 radical (unpaired) electrons. The normalized spacial score (nSPS) is 18.3. The van der Waals surface area contributed by atoms with Crippen molar-refractivity contribution in [3.63, 3.8) is 0 Å². The molecule has 4 heteroatoms. The fourth-order valence-corrected chi connectivity index (χ4v) is 4.14. The monoisotopic (exact) mass is 334 g/mol. The van der Waals surface area contributed by atoms with Gasteiger partial charge in [-0.1, -0.05) is 18.2 Å². The number of aromatic nitrogens is 3. The van der Waals surface area contributed by atoms with Gasteiger partial charge in [0.1, 0.15) is 0 Å². The smallest absolute Gasteiger partial charge is 0.0704 e. The van der Waals surface area contributed by atoms with Crippen molar-refractivity contribution in [1.82, 2.24) is 19.7 Å². The van der Waals surface area contributed by atoms with Gasteiger partial charge in [0.25, 0.3) is 0 Å². The molecule has 3 heterocycles. The van der Waals surface area contributed by atoms with Crippen LogP contribution in [0.4, 0.5) is 0 Å². The van der Waals surface area contributed by atoms with Crippen molar-refractivity contribution in [1.29, 1.82) is 0 Å². The Kier molecular flexibility index (Phi) is 4.30. The fourth-order valence-electron chi connectivity index (χ4n) is 4.14. The zero-order valence-electron chi connectivity index (χ0n) is 15.4. The Morgan fingerprint density at radius 2 is 2.00 bits per heavy atom. The Morgan fingerprint density at radius 3 is 2.80 bits per heavy atom. The van der Waals surface area contributed by atoms with Crippen molar-refractivity contribution in [3.8, 4) is 0 Å². The highest BCUT2D eigenvalue weighted by Crippen LogP contribution is 2.26. The number of hydrogen-bond donors (Lipinski definition) is 0. The van der Waals surface area contributed by atoms with Crippen LogP contribution in [0.15, 0.2) is 36.5 Å². The number of hydrogen-bond acceptors (Lipinski definition) is 3. The zero-order valence-corrected chi connectivity index (χ0v) is 15.4. The maximum atomic E-state index is 4.56. The molecule has 4 nitrogen and oxygen atoms in total. The van der Waals surface area contributed by atoms with Crippen LogP contribution in [-0.4, -0.2) is 32.8 Å². The quantitative estimate of drug-likeness (QED) is 0.730. The Balaban J connectivity index is 1.46. The fraction of sp³-hybridized carbons (Fsp3) is 0.429. The van der Waals surface area contributed by atoms with Crippen LogP contribution in [0.1, 0.15) is 28.9 Å². The summed E-state index contributed by atoms with van der Waals surface area (Å²) in [6.07, 6.45) is 4.37. The van der Waals surface area contributed by atoms with Gasteiger partial charge in [-0.05, 0) is 56.8 Å². The lowest BCUT2D eigenvalue weighted by Crippen LogP contribution is -2.21. The molecule has 3 aromatic rings. The van der Waals surface area contributed by atoms with E-state index in [9.17, 15) is 0 Å². The minimum absolute atomic E-state index is 0.725. The van der Waals surface area contributed by atoms with Gasteiger partial charge in [-0.25, -0.2) is 0 Å². The van der Waals surface area contributed by atoms with Crippen molar-refractivity contribution >= 4 is 10.9 Å². The van der Waals surface area contributed by atoms with Crippen LogP contribution >= 0.6 is 0 Å². The van der Waals surface area contributed by atoms with Gasteiger partial charge in [0.2, 0.25) is 0 Å². The molecule has 1 atom stereocenters. The van der Waals surface area contributed by atoms with Crippen molar-refractivity contribution < 1.29 is 0 Å². The molecule has 0 saturated carbocycles. The second kappa shape index (κ2) is 6.60. The number of aryl methyl sites for hydroxylation is 2. The molecule has 2 aromatic heterocycles. The molecule has 0 spiro atoms. The minimum atomic E-state index is 0.725. The van der Waals surface area contributed by atoms with Gasteiger partial charge in [-0.3, -0.25) is 14.6 Å². The highest BCUT2D eigenvalue weighted by Gasteiger charge is 2.25. The van der Waals surface area contributed by atoms with E-state index < -0.39 is 0 Å². The molecule has 1 aliphatic rings. The van der Waals surface area contributed by atoms with Crippen molar-refractivity contribution in [2.45, 2.75) is 33.2 Å². The Bertz CT molecular complexity index is 891. The standard InChI is InChI=1S/C21H26N4/c1-15-20(16(2)24(3)23-15)14-25-11-9-17(13-25)12-18-8-10-22-21-7-5-4-6-19(18)21/h4-8,10,17H,9,11-14H2,1-3H3. The lowest BCUT2D eigenvalue weighted by molar-refractivity contribution is 0.315. The molecule has 130 valence electrons. The molecular weight excluding hydrogens is 308 g/mol. The summed E-state index contributed by atoms with van der Waals surface area (Å²) in [6.45, 7) is 7.68. The second-order valence-electron chi connectivity index (χ2n) is 7.35.